The fourth-order valence-corrected chi connectivity index (χ4v) is 3.79. The topological polar surface area (TPSA) is 57.0 Å². The van der Waals surface area contributed by atoms with E-state index < -0.39 is 6.36 Å². The van der Waals surface area contributed by atoms with Crippen LogP contribution >= 0.6 is 0 Å². The first-order chi connectivity index (χ1) is 16.7. The molecule has 0 aliphatic rings. The third-order valence-corrected chi connectivity index (χ3v) is 5.56. The summed E-state index contributed by atoms with van der Waals surface area (Å²) in [6.45, 7) is 4.16. The van der Waals surface area contributed by atoms with Gasteiger partial charge in [-0.15, -0.1) is 18.3 Å². The van der Waals surface area contributed by atoms with E-state index in [0.29, 0.717) is 24.4 Å². The van der Waals surface area contributed by atoms with Crippen LogP contribution in [0.15, 0.2) is 79.1 Å². The maximum atomic E-state index is 12.8. The molecule has 5 nitrogen and oxygen atoms in total. The van der Waals surface area contributed by atoms with E-state index in [9.17, 15) is 18.0 Å². The minimum Gasteiger partial charge on any atom is -0.406 e. The third kappa shape index (κ3) is 6.15. The fourth-order valence-electron chi connectivity index (χ4n) is 3.79. The van der Waals surface area contributed by atoms with Crippen LogP contribution in [-0.4, -0.2) is 26.9 Å². The Labute approximate surface area is 201 Å². The monoisotopic (exact) mass is 479 g/mol. The maximum absolute atomic E-state index is 12.8. The highest BCUT2D eigenvalue weighted by atomic mass is 19.4. The van der Waals surface area contributed by atoms with Crippen LogP contribution in [0.5, 0.6) is 5.75 Å². The van der Waals surface area contributed by atoms with Crippen molar-refractivity contribution >= 4 is 5.78 Å². The number of halogens is 3. The maximum Gasteiger partial charge on any atom is 0.573 e. The van der Waals surface area contributed by atoms with Crippen molar-refractivity contribution in [3.63, 3.8) is 0 Å². The summed E-state index contributed by atoms with van der Waals surface area (Å²) in [4.78, 5) is 17.1. The highest BCUT2D eigenvalue weighted by Crippen LogP contribution is 2.25. The second kappa shape index (κ2) is 10.1. The smallest absolute Gasteiger partial charge is 0.406 e. The fraction of sp³-hybridized carbons (Fsp3) is 0.222. The van der Waals surface area contributed by atoms with E-state index in [-0.39, 0.29) is 17.5 Å². The van der Waals surface area contributed by atoms with Gasteiger partial charge in [0.05, 0.1) is 5.69 Å². The zero-order valence-electron chi connectivity index (χ0n) is 19.3. The first kappa shape index (κ1) is 24.2. The van der Waals surface area contributed by atoms with Crippen LogP contribution in [0.2, 0.25) is 0 Å². The summed E-state index contributed by atoms with van der Waals surface area (Å²) in [6.07, 6.45) is -2.20. The van der Waals surface area contributed by atoms with Crippen LogP contribution in [0.1, 0.15) is 47.7 Å². The Hall–Kier alpha value is -3.94. The van der Waals surface area contributed by atoms with E-state index in [0.717, 1.165) is 22.3 Å². The van der Waals surface area contributed by atoms with Crippen molar-refractivity contribution in [1.29, 1.82) is 0 Å². The van der Waals surface area contributed by atoms with E-state index in [1.165, 1.54) is 35.3 Å². The van der Waals surface area contributed by atoms with Crippen LogP contribution < -0.4 is 4.74 Å². The summed E-state index contributed by atoms with van der Waals surface area (Å²) in [5.41, 5.74) is 4.23. The number of Topliss-reactive ketones (excluding diaryl/α,β-unsaturated/α-hetero) is 1. The summed E-state index contributed by atoms with van der Waals surface area (Å²) in [7, 11) is 0. The van der Waals surface area contributed by atoms with Gasteiger partial charge in [-0.05, 0) is 47.7 Å². The predicted molar refractivity (Wildman–Crippen MR) is 127 cm³/mol. The zero-order chi connectivity index (χ0) is 25.0. The molecule has 1 aromatic heterocycles. The average molecular weight is 480 g/mol. The Morgan fingerprint density at radius 2 is 1.66 bits per heavy atom. The number of rotatable bonds is 8. The lowest BCUT2D eigenvalue weighted by atomic mass is 9.92. The zero-order valence-corrected chi connectivity index (χ0v) is 19.3. The summed E-state index contributed by atoms with van der Waals surface area (Å²) < 4.78 is 42.4. The summed E-state index contributed by atoms with van der Waals surface area (Å²) in [6, 6.07) is 20.8. The number of nitrogens with zero attached hydrogens (tertiary/aromatic N) is 3. The molecule has 4 aromatic rings. The molecule has 0 atom stereocenters. The van der Waals surface area contributed by atoms with Crippen molar-refractivity contribution < 1.29 is 22.7 Å². The lowest BCUT2D eigenvalue weighted by Gasteiger charge is -2.11. The first-order valence-electron chi connectivity index (χ1n) is 11.2. The number of carbonyl (C=O) groups is 1. The number of ether oxygens (including phenoxy) is 1. The number of aromatic nitrogens is 3. The Balaban J connectivity index is 1.40. The lowest BCUT2D eigenvalue weighted by Crippen LogP contribution is -2.17. The molecule has 180 valence electrons. The second-order valence-corrected chi connectivity index (χ2v) is 8.42. The summed E-state index contributed by atoms with van der Waals surface area (Å²) in [5, 5.41) is 4.41. The van der Waals surface area contributed by atoms with Crippen LogP contribution in [-0.2, 0) is 6.42 Å². The second-order valence-electron chi connectivity index (χ2n) is 8.42. The van der Waals surface area contributed by atoms with Crippen molar-refractivity contribution in [3.05, 3.63) is 95.8 Å². The first-order valence-corrected chi connectivity index (χ1v) is 11.2. The molecule has 3 aromatic carbocycles. The molecule has 0 fully saturated rings. The Kier molecular flexibility index (Phi) is 7.00. The molecular formula is C27H24F3N3O2. The summed E-state index contributed by atoms with van der Waals surface area (Å²) in [5.74, 6) is 0.593. The number of hydrogen-bond donors (Lipinski definition) is 0. The molecule has 0 amide bonds. The lowest BCUT2D eigenvalue weighted by molar-refractivity contribution is -0.274. The Morgan fingerprint density at radius 3 is 2.31 bits per heavy atom. The average Bonchev–Trinajstić information content (AvgIpc) is 3.32. The summed E-state index contributed by atoms with van der Waals surface area (Å²) >= 11 is 0. The van der Waals surface area contributed by atoms with Gasteiger partial charge in [0.25, 0.3) is 0 Å². The molecule has 1 heterocycles. The van der Waals surface area contributed by atoms with Crippen LogP contribution in [0.25, 0.3) is 17.1 Å². The number of carbonyl (C=O) groups excluding carboxylic acids is 1. The number of aryl methyl sites for hydroxylation is 1. The predicted octanol–water partition coefficient (Wildman–Crippen LogP) is 6.77. The van der Waals surface area contributed by atoms with Crippen LogP contribution in [0.3, 0.4) is 0 Å². The van der Waals surface area contributed by atoms with Crippen molar-refractivity contribution in [2.24, 2.45) is 0 Å². The number of benzene rings is 3. The van der Waals surface area contributed by atoms with Crippen molar-refractivity contribution in [3.8, 4) is 22.8 Å². The van der Waals surface area contributed by atoms with Gasteiger partial charge in [0.15, 0.2) is 11.6 Å². The van der Waals surface area contributed by atoms with Gasteiger partial charge in [-0.3, -0.25) is 4.79 Å². The molecular weight excluding hydrogens is 455 g/mol. The molecule has 0 aliphatic carbocycles. The molecule has 0 saturated carbocycles. The van der Waals surface area contributed by atoms with E-state index >= 15 is 0 Å². The molecule has 35 heavy (non-hydrogen) atoms. The van der Waals surface area contributed by atoms with E-state index in [4.69, 9.17) is 0 Å². The largest absolute Gasteiger partial charge is 0.573 e. The third-order valence-electron chi connectivity index (χ3n) is 5.56. The Bertz CT molecular complexity index is 1290. The minimum absolute atomic E-state index is 0.130. The van der Waals surface area contributed by atoms with Gasteiger partial charge in [-0.25, -0.2) is 9.67 Å². The van der Waals surface area contributed by atoms with Gasteiger partial charge < -0.3 is 4.74 Å². The minimum atomic E-state index is -4.74. The molecule has 0 unspecified atom stereocenters. The molecule has 0 aliphatic heterocycles. The van der Waals surface area contributed by atoms with Crippen LogP contribution in [0.4, 0.5) is 13.2 Å². The van der Waals surface area contributed by atoms with Gasteiger partial charge in [0.2, 0.25) is 0 Å². The quantitative estimate of drug-likeness (QED) is 0.262. The van der Waals surface area contributed by atoms with E-state index in [2.05, 4.69) is 28.7 Å². The number of ketones is 1. The molecule has 4 rings (SSSR count). The van der Waals surface area contributed by atoms with Crippen LogP contribution in [0, 0.1) is 0 Å². The molecule has 0 bridgehead atoms. The SMILES string of the molecule is CC(C)c1ccccc1C(=O)CCc1ccc(-c2ncn(-c3ccc(OC(F)(F)F)cc3)n2)cc1. The molecule has 0 spiro atoms. The van der Waals surface area contributed by atoms with Crippen molar-refractivity contribution in [2.75, 3.05) is 0 Å². The highest BCUT2D eigenvalue weighted by Gasteiger charge is 2.31. The normalized spacial score (nSPS) is 11.6. The van der Waals surface area contributed by atoms with Gasteiger partial charge >= 0.3 is 6.36 Å². The molecule has 0 N–H and O–H groups in total. The van der Waals surface area contributed by atoms with E-state index in [1.54, 1.807) is 0 Å². The molecule has 0 saturated heterocycles. The highest BCUT2D eigenvalue weighted by molar-refractivity contribution is 5.97. The molecule has 0 radical (unpaired) electrons. The Morgan fingerprint density at radius 1 is 0.971 bits per heavy atom. The molecule has 8 heteroatoms. The van der Waals surface area contributed by atoms with Gasteiger partial charge in [-0.1, -0.05) is 62.4 Å². The number of hydrogen-bond acceptors (Lipinski definition) is 4. The van der Waals surface area contributed by atoms with E-state index in [1.807, 2.05) is 48.5 Å². The number of alkyl halides is 3. The van der Waals surface area contributed by atoms with Crippen molar-refractivity contribution in [1.82, 2.24) is 14.8 Å². The standard InChI is InChI=1S/C27H24F3N3O2/c1-18(2)23-5-3-4-6-24(23)25(34)16-9-19-7-10-20(11-8-19)26-31-17-33(32-26)21-12-14-22(15-13-21)35-27(28,29)30/h3-8,10-15,17-18H,9,16H2,1-2H3. The van der Waals surface area contributed by atoms with Gasteiger partial charge in [0.1, 0.15) is 12.1 Å². The van der Waals surface area contributed by atoms with Gasteiger partial charge in [-0.2, -0.15) is 0 Å². The van der Waals surface area contributed by atoms with Gasteiger partial charge in [0, 0.05) is 17.5 Å². The van der Waals surface area contributed by atoms with Crippen molar-refractivity contribution in [2.45, 2.75) is 39.0 Å².